The lowest BCUT2D eigenvalue weighted by Crippen LogP contribution is -2.24. The van der Waals surface area contributed by atoms with Gasteiger partial charge in [0, 0.05) is 17.4 Å². The summed E-state index contributed by atoms with van der Waals surface area (Å²) in [6, 6.07) is 3.77. The Labute approximate surface area is 102 Å². The van der Waals surface area contributed by atoms with E-state index in [1.807, 2.05) is 26.2 Å². The number of rotatable bonds is 5. The second-order valence-electron chi connectivity index (χ2n) is 4.04. The molecular weight excluding hydrogens is 221 g/mol. The zero-order valence-corrected chi connectivity index (χ0v) is 11.2. The van der Waals surface area contributed by atoms with Gasteiger partial charge >= 0.3 is 0 Å². The first-order valence-corrected chi connectivity index (χ1v) is 6.98. The van der Waals surface area contributed by atoms with Crippen LogP contribution in [0.3, 0.4) is 0 Å². The number of hydrogen-bond donors (Lipinski definition) is 1. The van der Waals surface area contributed by atoms with E-state index < -0.39 is 0 Å². The third-order valence-corrected chi connectivity index (χ3v) is 3.28. The Bertz CT molecular complexity index is 323. The summed E-state index contributed by atoms with van der Waals surface area (Å²) in [7, 11) is 0. The summed E-state index contributed by atoms with van der Waals surface area (Å²) in [5, 5.41) is 3.34. The standard InChI is InChI=1S/C13H20FNS/c1-5-15-12(8-16-4)13-10(3)6-9(2)7-11(13)14/h6-7,12,15H,5,8H2,1-4H3. The van der Waals surface area contributed by atoms with Crippen molar-refractivity contribution in [1.82, 2.24) is 5.32 Å². The lowest BCUT2D eigenvalue weighted by atomic mass is 9.99. The third-order valence-electron chi connectivity index (χ3n) is 2.61. The van der Waals surface area contributed by atoms with Gasteiger partial charge in [0.2, 0.25) is 0 Å². The van der Waals surface area contributed by atoms with Crippen LogP contribution < -0.4 is 5.32 Å². The summed E-state index contributed by atoms with van der Waals surface area (Å²) in [5.74, 6) is 0.812. The van der Waals surface area contributed by atoms with Crippen LogP contribution in [-0.2, 0) is 0 Å². The van der Waals surface area contributed by atoms with Crippen LogP contribution in [0.4, 0.5) is 4.39 Å². The van der Waals surface area contributed by atoms with E-state index in [4.69, 9.17) is 0 Å². The Morgan fingerprint density at radius 3 is 2.56 bits per heavy atom. The molecule has 0 radical (unpaired) electrons. The molecule has 0 aliphatic heterocycles. The lowest BCUT2D eigenvalue weighted by Gasteiger charge is -2.20. The van der Waals surface area contributed by atoms with E-state index in [0.29, 0.717) is 0 Å². The molecule has 0 amide bonds. The predicted molar refractivity (Wildman–Crippen MR) is 70.7 cm³/mol. The van der Waals surface area contributed by atoms with Gasteiger partial charge in [-0.25, -0.2) is 4.39 Å². The number of halogens is 1. The second-order valence-corrected chi connectivity index (χ2v) is 4.95. The first-order valence-electron chi connectivity index (χ1n) is 5.59. The molecule has 0 saturated carbocycles. The van der Waals surface area contributed by atoms with Gasteiger partial charge in [-0.3, -0.25) is 0 Å². The number of benzene rings is 1. The van der Waals surface area contributed by atoms with E-state index in [2.05, 4.69) is 12.2 Å². The summed E-state index contributed by atoms with van der Waals surface area (Å²) in [6.07, 6.45) is 2.05. The quantitative estimate of drug-likeness (QED) is 0.847. The topological polar surface area (TPSA) is 12.0 Å². The molecule has 90 valence electrons. The molecule has 0 bridgehead atoms. The average molecular weight is 241 g/mol. The second kappa shape index (κ2) is 6.26. The Morgan fingerprint density at radius 2 is 2.06 bits per heavy atom. The number of nitrogens with one attached hydrogen (secondary N) is 1. The molecule has 1 atom stereocenters. The molecule has 16 heavy (non-hydrogen) atoms. The van der Waals surface area contributed by atoms with E-state index in [0.717, 1.165) is 29.0 Å². The Balaban J connectivity index is 3.07. The largest absolute Gasteiger partial charge is 0.309 e. The molecule has 1 aromatic carbocycles. The number of aryl methyl sites for hydroxylation is 2. The fourth-order valence-electron chi connectivity index (χ4n) is 2.03. The fraction of sp³-hybridized carbons (Fsp3) is 0.538. The highest BCUT2D eigenvalue weighted by molar-refractivity contribution is 7.98. The molecule has 1 aromatic rings. The van der Waals surface area contributed by atoms with Crippen LogP contribution in [0.15, 0.2) is 12.1 Å². The highest BCUT2D eigenvalue weighted by atomic mass is 32.2. The normalized spacial score (nSPS) is 12.8. The maximum Gasteiger partial charge on any atom is 0.128 e. The van der Waals surface area contributed by atoms with Crippen molar-refractivity contribution in [2.24, 2.45) is 0 Å². The fourth-order valence-corrected chi connectivity index (χ4v) is 2.64. The molecule has 0 heterocycles. The van der Waals surface area contributed by atoms with Gasteiger partial charge in [-0.2, -0.15) is 11.8 Å². The lowest BCUT2D eigenvalue weighted by molar-refractivity contribution is 0.542. The minimum atomic E-state index is -0.0856. The van der Waals surface area contributed by atoms with Crippen molar-refractivity contribution < 1.29 is 4.39 Å². The van der Waals surface area contributed by atoms with Crippen LogP contribution in [0.5, 0.6) is 0 Å². The zero-order chi connectivity index (χ0) is 12.1. The minimum Gasteiger partial charge on any atom is -0.309 e. The Morgan fingerprint density at radius 1 is 1.38 bits per heavy atom. The van der Waals surface area contributed by atoms with E-state index in [-0.39, 0.29) is 11.9 Å². The first kappa shape index (κ1) is 13.5. The van der Waals surface area contributed by atoms with Gasteiger partial charge in [-0.05, 0) is 43.8 Å². The maximum atomic E-state index is 14.0. The first-order chi connectivity index (χ1) is 7.60. The molecule has 0 saturated heterocycles. The molecule has 1 N–H and O–H groups in total. The predicted octanol–water partition coefficient (Wildman–Crippen LogP) is 3.46. The molecule has 0 aliphatic carbocycles. The molecule has 1 nitrogen and oxygen atoms in total. The van der Waals surface area contributed by atoms with Crippen LogP contribution in [0.25, 0.3) is 0 Å². The van der Waals surface area contributed by atoms with Crippen LogP contribution in [0.1, 0.15) is 29.7 Å². The van der Waals surface area contributed by atoms with Crippen molar-refractivity contribution in [3.8, 4) is 0 Å². The monoisotopic (exact) mass is 241 g/mol. The summed E-state index contributed by atoms with van der Waals surface area (Å²) in [5.41, 5.74) is 2.84. The van der Waals surface area contributed by atoms with Gasteiger partial charge in [0.1, 0.15) is 5.82 Å². The van der Waals surface area contributed by atoms with Crippen molar-refractivity contribution in [2.75, 3.05) is 18.6 Å². The van der Waals surface area contributed by atoms with Gasteiger partial charge in [0.25, 0.3) is 0 Å². The van der Waals surface area contributed by atoms with Crippen molar-refractivity contribution >= 4 is 11.8 Å². The van der Waals surface area contributed by atoms with Crippen molar-refractivity contribution in [3.05, 3.63) is 34.6 Å². The summed E-state index contributed by atoms with van der Waals surface area (Å²) in [6.45, 7) is 6.82. The van der Waals surface area contributed by atoms with Crippen molar-refractivity contribution in [3.63, 3.8) is 0 Å². The SMILES string of the molecule is CCNC(CSC)c1c(C)cc(C)cc1F. The van der Waals surface area contributed by atoms with Gasteiger partial charge in [-0.1, -0.05) is 13.0 Å². The molecule has 1 unspecified atom stereocenters. The van der Waals surface area contributed by atoms with E-state index in [1.54, 1.807) is 17.8 Å². The smallest absolute Gasteiger partial charge is 0.128 e. The highest BCUT2D eigenvalue weighted by Crippen LogP contribution is 2.25. The molecule has 0 spiro atoms. The molecule has 3 heteroatoms. The van der Waals surface area contributed by atoms with Crippen LogP contribution in [-0.4, -0.2) is 18.6 Å². The zero-order valence-electron chi connectivity index (χ0n) is 10.4. The van der Waals surface area contributed by atoms with E-state index in [9.17, 15) is 4.39 Å². The Hall–Kier alpha value is -0.540. The van der Waals surface area contributed by atoms with E-state index >= 15 is 0 Å². The van der Waals surface area contributed by atoms with Gasteiger partial charge < -0.3 is 5.32 Å². The molecule has 0 fully saturated rings. The highest BCUT2D eigenvalue weighted by Gasteiger charge is 2.17. The van der Waals surface area contributed by atoms with Gasteiger partial charge in [-0.15, -0.1) is 0 Å². The number of thioether (sulfide) groups is 1. The Kier molecular flexibility index (Phi) is 5.29. The van der Waals surface area contributed by atoms with Crippen molar-refractivity contribution in [1.29, 1.82) is 0 Å². The van der Waals surface area contributed by atoms with Crippen LogP contribution in [0.2, 0.25) is 0 Å². The average Bonchev–Trinajstić information content (AvgIpc) is 2.16. The molecular formula is C13H20FNS. The molecule has 1 rings (SSSR count). The summed E-state index contributed by atoms with van der Waals surface area (Å²) in [4.78, 5) is 0. The molecule has 0 aromatic heterocycles. The maximum absolute atomic E-state index is 14.0. The van der Waals surface area contributed by atoms with E-state index in [1.165, 1.54) is 0 Å². The summed E-state index contributed by atoms with van der Waals surface area (Å²) < 4.78 is 14.0. The minimum absolute atomic E-state index is 0.0856. The summed E-state index contributed by atoms with van der Waals surface area (Å²) >= 11 is 1.74. The molecule has 0 aliphatic rings. The van der Waals surface area contributed by atoms with Crippen LogP contribution in [0, 0.1) is 19.7 Å². The van der Waals surface area contributed by atoms with Gasteiger partial charge in [0.15, 0.2) is 0 Å². The number of hydrogen-bond acceptors (Lipinski definition) is 2. The van der Waals surface area contributed by atoms with Crippen molar-refractivity contribution in [2.45, 2.75) is 26.8 Å². The van der Waals surface area contributed by atoms with Crippen LogP contribution >= 0.6 is 11.8 Å². The third kappa shape index (κ3) is 3.22. The van der Waals surface area contributed by atoms with Gasteiger partial charge in [0.05, 0.1) is 0 Å².